The van der Waals surface area contributed by atoms with E-state index >= 15 is 0 Å². The SMILES string of the molecule is Cc1nc(Oc2ccc(NS(=O)(=O)c3cc(Cl)ccc3Cl)cc2)cc(-n2cccn2)n1. The molecule has 0 saturated carbocycles. The smallest absolute Gasteiger partial charge is 0.263 e. The monoisotopic (exact) mass is 475 g/mol. The third-order valence-electron chi connectivity index (χ3n) is 4.05. The van der Waals surface area contributed by atoms with Gasteiger partial charge in [-0.1, -0.05) is 23.2 Å². The van der Waals surface area contributed by atoms with E-state index in [4.69, 9.17) is 27.9 Å². The number of benzene rings is 2. The number of nitrogens with one attached hydrogen (secondary N) is 1. The van der Waals surface area contributed by atoms with Gasteiger partial charge in [0.05, 0.1) is 5.02 Å². The predicted octanol–water partition coefficient (Wildman–Crippen LogP) is 4.87. The zero-order valence-electron chi connectivity index (χ0n) is 16.0. The summed E-state index contributed by atoms with van der Waals surface area (Å²) in [7, 11) is -3.91. The van der Waals surface area contributed by atoms with Gasteiger partial charge < -0.3 is 4.74 Å². The molecule has 31 heavy (non-hydrogen) atoms. The predicted molar refractivity (Wildman–Crippen MR) is 118 cm³/mol. The highest BCUT2D eigenvalue weighted by Crippen LogP contribution is 2.28. The number of aromatic nitrogens is 4. The summed E-state index contributed by atoms with van der Waals surface area (Å²) in [5, 5.41) is 4.49. The van der Waals surface area contributed by atoms with Gasteiger partial charge in [0.1, 0.15) is 16.5 Å². The van der Waals surface area contributed by atoms with E-state index in [9.17, 15) is 8.42 Å². The summed E-state index contributed by atoms with van der Waals surface area (Å²) in [4.78, 5) is 8.49. The van der Waals surface area contributed by atoms with Gasteiger partial charge in [0.25, 0.3) is 10.0 Å². The van der Waals surface area contributed by atoms with Gasteiger partial charge in [-0.25, -0.2) is 18.1 Å². The van der Waals surface area contributed by atoms with Crippen molar-refractivity contribution in [3.8, 4) is 17.4 Å². The second-order valence-electron chi connectivity index (χ2n) is 6.37. The molecule has 2 aromatic carbocycles. The molecule has 0 aliphatic heterocycles. The van der Waals surface area contributed by atoms with E-state index in [0.717, 1.165) is 0 Å². The van der Waals surface area contributed by atoms with Crippen LogP contribution >= 0.6 is 23.2 Å². The fourth-order valence-electron chi connectivity index (χ4n) is 2.70. The molecule has 0 bridgehead atoms. The summed E-state index contributed by atoms with van der Waals surface area (Å²) >= 11 is 11.9. The molecular weight excluding hydrogens is 461 g/mol. The Labute approximate surface area is 188 Å². The topological polar surface area (TPSA) is 99.0 Å². The molecule has 0 aliphatic carbocycles. The average Bonchev–Trinajstić information content (AvgIpc) is 3.26. The molecule has 0 atom stereocenters. The van der Waals surface area contributed by atoms with Crippen LogP contribution in [0, 0.1) is 6.92 Å². The summed E-state index contributed by atoms with van der Waals surface area (Å²) in [5.41, 5.74) is 0.333. The largest absolute Gasteiger partial charge is 0.439 e. The lowest BCUT2D eigenvalue weighted by Crippen LogP contribution is -2.13. The molecule has 1 N–H and O–H groups in total. The molecule has 2 heterocycles. The summed E-state index contributed by atoms with van der Waals surface area (Å²) in [6.45, 7) is 1.75. The number of nitrogens with zero attached hydrogens (tertiary/aromatic N) is 4. The maximum Gasteiger partial charge on any atom is 0.263 e. The Kier molecular flexibility index (Phi) is 5.81. The van der Waals surface area contributed by atoms with E-state index in [-0.39, 0.29) is 14.9 Å². The van der Waals surface area contributed by atoms with Crippen molar-refractivity contribution in [3.05, 3.63) is 82.9 Å². The van der Waals surface area contributed by atoms with Crippen LogP contribution in [0.3, 0.4) is 0 Å². The molecule has 8 nitrogen and oxygen atoms in total. The van der Waals surface area contributed by atoms with E-state index in [1.54, 1.807) is 60.4 Å². The quantitative estimate of drug-likeness (QED) is 0.426. The fourth-order valence-corrected chi connectivity index (χ4v) is 4.53. The molecule has 158 valence electrons. The Balaban J connectivity index is 1.52. The van der Waals surface area contributed by atoms with Gasteiger partial charge in [0.15, 0.2) is 5.82 Å². The Morgan fingerprint density at radius 2 is 1.81 bits per heavy atom. The average molecular weight is 476 g/mol. The summed E-state index contributed by atoms with van der Waals surface area (Å²) in [6, 6.07) is 14.0. The standard InChI is InChI=1S/C20H15Cl2N5O3S/c1-13-24-19(27-10-2-9-23-27)12-20(25-13)30-16-6-4-15(5-7-16)26-31(28,29)18-11-14(21)3-8-17(18)22/h2-12,26H,1H3. The van der Waals surface area contributed by atoms with Crippen LogP contribution in [0.5, 0.6) is 11.6 Å². The van der Waals surface area contributed by atoms with Crippen LogP contribution in [-0.2, 0) is 10.0 Å². The van der Waals surface area contributed by atoms with Gasteiger partial charge in [-0.05, 0) is 55.5 Å². The van der Waals surface area contributed by atoms with Crippen LogP contribution in [0.1, 0.15) is 5.82 Å². The van der Waals surface area contributed by atoms with E-state index in [1.165, 1.54) is 18.2 Å². The first-order valence-electron chi connectivity index (χ1n) is 8.92. The van der Waals surface area contributed by atoms with Gasteiger partial charge >= 0.3 is 0 Å². The van der Waals surface area contributed by atoms with E-state index in [1.807, 2.05) is 0 Å². The number of sulfonamides is 1. The molecule has 0 amide bonds. The molecule has 4 rings (SSSR count). The minimum absolute atomic E-state index is 0.0731. The minimum Gasteiger partial charge on any atom is -0.439 e. The highest BCUT2D eigenvalue weighted by Gasteiger charge is 2.18. The Bertz CT molecular complexity index is 1330. The number of ether oxygens (including phenoxy) is 1. The van der Waals surface area contributed by atoms with E-state index in [0.29, 0.717) is 29.0 Å². The van der Waals surface area contributed by atoms with Gasteiger partial charge in [0, 0.05) is 29.2 Å². The lowest BCUT2D eigenvalue weighted by Gasteiger charge is -2.11. The van der Waals surface area contributed by atoms with Crippen LogP contribution < -0.4 is 9.46 Å². The van der Waals surface area contributed by atoms with Crippen LogP contribution in [0.15, 0.2) is 71.9 Å². The molecule has 4 aromatic rings. The number of halogens is 2. The summed E-state index contributed by atoms with van der Waals surface area (Å²) < 4.78 is 35.1. The van der Waals surface area contributed by atoms with Crippen molar-refractivity contribution in [2.45, 2.75) is 11.8 Å². The first-order chi connectivity index (χ1) is 14.8. The van der Waals surface area contributed by atoms with Gasteiger partial charge in [-0.15, -0.1) is 0 Å². The normalized spacial score (nSPS) is 11.3. The second kappa shape index (κ2) is 8.54. The molecular formula is C20H15Cl2N5O3S. The first kappa shape index (κ1) is 21.1. The minimum atomic E-state index is -3.91. The van der Waals surface area contributed by atoms with Gasteiger partial charge in [-0.2, -0.15) is 10.1 Å². The highest BCUT2D eigenvalue weighted by atomic mass is 35.5. The first-order valence-corrected chi connectivity index (χ1v) is 11.2. The van der Waals surface area contributed by atoms with Crippen LogP contribution in [-0.4, -0.2) is 28.2 Å². The lowest BCUT2D eigenvalue weighted by molar-refractivity contribution is 0.459. The van der Waals surface area contributed by atoms with Crippen molar-refractivity contribution >= 4 is 38.9 Å². The number of anilines is 1. The van der Waals surface area contributed by atoms with E-state index < -0.39 is 10.0 Å². The molecule has 0 unspecified atom stereocenters. The summed E-state index contributed by atoms with van der Waals surface area (Å²) in [6.07, 6.45) is 3.41. The number of aryl methyl sites for hydroxylation is 1. The van der Waals surface area contributed by atoms with Crippen molar-refractivity contribution < 1.29 is 13.2 Å². The molecule has 0 saturated heterocycles. The molecule has 0 spiro atoms. The molecule has 0 aliphatic rings. The molecule has 0 radical (unpaired) electrons. The number of rotatable bonds is 6. The maximum atomic E-state index is 12.6. The van der Waals surface area contributed by atoms with Gasteiger partial charge in [-0.3, -0.25) is 4.72 Å². The molecule has 11 heteroatoms. The molecule has 0 fully saturated rings. The van der Waals surface area contributed by atoms with Crippen LogP contribution in [0.4, 0.5) is 5.69 Å². The molecule has 2 aromatic heterocycles. The van der Waals surface area contributed by atoms with Crippen molar-refractivity contribution in [2.24, 2.45) is 0 Å². The third-order valence-corrected chi connectivity index (χ3v) is 6.15. The third kappa shape index (κ3) is 4.96. The van der Waals surface area contributed by atoms with Crippen molar-refractivity contribution in [3.63, 3.8) is 0 Å². The second-order valence-corrected chi connectivity index (χ2v) is 8.86. The Morgan fingerprint density at radius 3 is 2.52 bits per heavy atom. The van der Waals surface area contributed by atoms with Crippen LogP contribution in [0.25, 0.3) is 5.82 Å². The van der Waals surface area contributed by atoms with Gasteiger partial charge in [0.2, 0.25) is 5.88 Å². The zero-order valence-corrected chi connectivity index (χ0v) is 18.4. The lowest BCUT2D eigenvalue weighted by atomic mass is 10.3. The number of hydrogen-bond donors (Lipinski definition) is 1. The van der Waals surface area contributed by atoms with Crippen molar-refractivity contribution in [1.82, 2.24) is 19.7 Å². The van der Waals surface area contributed by atoms with Crippen LogP contribution in [0.2, 0.25) is 10.0 Å². The zero-order chi connectivity index (χ0) is 22.0. The van der Waals surface area contributed by atoms with Crippen molar-refractivity contribution in [1.29, 1.82) is 0 Å². The Hall–Kier alpha value is -3.14. The summed E-state index contributed by atoms with van der Waals surface area (Å²) in [5.74, 6) is 1.88. The van der Waals surface area contributed by atoms with Crippen molar-refractivity contribution in [2.75, 3.05) is 4.72 Å². The maximum absolute atomic E-state index is 12.6. The fraction of sp³-hybridized carbons (Fsp3) is 0.0500. The van der Waals surface area contributed by atoms with E-state index in [2.05, 4.69) is 19.8 Å². The number of hydrogen-bond acceptors (Lipinski definition) is 6. The highest BCUT2D eigenvalue weighted by molar-refractivity contribution is 7.92. The Morgan fingerprint density at radius 1 is 1.03 bits per heavy atom.